The van der Waals surface area contributed by atoms with Crippen LogP contribution in [-0.2, 0) is 6.42 Å². The van der Waals surface area contributed by atoms with Gasteiger partial charge in [-0.15, -0.1) is 6.42 Å². The van der Waals surface area contributed by atoms with Crippen LogP contribution >= 0.6 is 0 Å². The first-order valence-corrected chi connectivity index (χ1v) is 27.6. The number of ether oxygens (including phenoxy) is 2. The van der Waals surface area contributed by atoms with Crippen LogP contribution in [0.4, 0.5) is 33.6 Å². The molecule has 8 aromatic rings. The van der Waals surface area contributed by atoms with Crippen LogP contribution in [0.15, 0.2) is 54.9 Å². The number of halogens is 5. The Kier molecular flexibility index (Phi) is 12.5. The SMILES string of the molecule is C#Cc1c(F)ccc2cc(O)cc(-c3ncc4c(N5CC6CCC(C5)N6)nc(OC[C@@H]5[C@H](Cc6cc7cc(O)cc(-c8ncc9c(N%10CC%11CCC(C%10)N%11)nc(OC[C@@H]%10[C@H](C)CN%10C)nc9c8F)c7c(F)c6F)CN5C)nc4c3F)c12. The predicted octanol–water partition coefficient (Wildman–Crippen LogP) is 7.85. The first-order valence-electron chi connectivity index (χ1n) is 27.6. The summed E-state index contributed by atoms with van der Waals surface area (Å²) in [4.78, 5) is 36.3. The van der Waals surface area contributed by atoms with Crippen LogP contribution < -0.4 is 29.9 Å². The number of nitrogens with one attached hydrogen (secondary N) is 2. The fourth-order valence-corrected chi connectivity index (χ4v) is 13.8. The number of piperazine rings is 2. The van der Waals surface area contributed by atoms with Gasteiger partial charge in [0.15, 0.2) is 23.3 Å². The topological polar surface area (TPSA) is 173 Å². The van der Waals surface area contributed by atoms with E-state index in [0.29, 0.717) is 73.0 Å². The molecule has 6 aliphatic rings. The molecule has 0 amide bonds. The van der Waals surface area contributed by atoms with Gasteiger partial charge in [0, 0.05) is 110 Å². The monoisotopic (exact) mass is 1100 g/mol. The Hall–Kier alpha value is -7.77. The summed E-state index contributed by atoms with van der Waals surface area (Å²) < 4.78 is 96.0. The molecule has 416 valence electrons. The third-order valence-electron chi connectivity index (χ3n) is 17.9. The van der Waals surface area contributed by atoms with E-state index in [1.165, 1.54) is 54.9 Å². The molecule has 10 heterocycles. The zero-order chi connectivity index (χ0) is 55.7. The summed E-state index contributed by atoms with van der Waals surface area (Å²) in [6, 6.07) is 9.79. The standard InChI is InChI=1S/C60H57F5N12O4/c1-5-39-44(61)11-6-29-14-37(78)16-40(47(29)39)53-51(64)55-42(18-66-53)58(77-24-35-9-10-36(25-77)69-35)73-60(71-55)81-27-46-32(21-75(46)4)13-31-12-30-15-38(79)17-41(48(30)50(63)49(31)62)54-52(65)56-43(19-67-54)57(76-22-33-7-8-34(23-76)68-33)72-59(70-56)80-26-45-28(2)20-74(45)3/h1,6,11-12,14-19,28,32-36,45-46,68-69,78-79H,7-10,13,20-27H2,2-4H3/t28-,32-,33?,34?,35?,36?,45-,46-/m1/s1. The lowest BCUT2D eigenvalue weighted by molar-refractivity contribution is 0.00594. The number of pyridine rings is 2. The summed E-state index contributed by atoms with van der Waals surface area (Å²) >= 11 is 0. The highest BCUT2D eigenvalue weighted by molar-refractivity contribution is 6.04. The summed E-state index contributed by atoms with van der Waals surface area (Å²) in [5.74, 6) is -1.94. The van der Waals surface area contributed by atoms with Crippen LogP contribution in [0.2, 0.25) is 0 Å². The molecule has 16 nitrogen and oxygen atoms in total. The molecular weight excluding hydrogens is 1050 g/mol. The molecule has 4 unspecified atom stereocenters. The molecule has 4 N–H and O–H groups in total. The minimum absolute atomic E-state index is 0.00339. The van der Waals surface area contributed by atoms with Crippen LogP contribution in [0.5, 0.6) is 23.5 Å². The third kappa shape index (κ3) is 8.80. The smallest absolute Gasteiger partial charge is 0.319 e. The Balaban J connectivity index is 0.773. The van der Waals surface area contributed by atoms with Gasteiger partial charge in [0.2, 0.25) is 0 Å². The number of likely N-dealkylation sites (N-methyl/N-ethyl adjacent to an activating group) is 2. The summed E-state index contributed by atoms with van der Waals surface area (Å²) in [6.07, 6.45) is 12.7. The fraction of sp³-hybridized carbons (Fsp3) is 0.400. The largest absolute Gasteiger partial charge is 0.508 e. The van der Waals surface area contributed by atoms with Crippen molar-refractivity contribution in [3.05, 3.63) is 95.1 Å². The van der Waals surface area contributed by atoms with E-state index >= 15 is 22.0 Å². The van der Waals surface area contributed by atoms with Crippen molar-refractivity contribution in [3.63, 3.8) is 0 Å². The highest BCUT2D eigenvalue weighted by atomic mass is 19.2. The molecule has 81 heavy (non-hydrogen) atoms. The second-order valence-corrected chi connectivity index (χ2v) is 23.1. The number of hydrogen-bond acceptors (Lipinski definition) is 16. The van der Waals surface area contributed by atoms with Crippen molar-refractivity contribution in [3.8, 4) is 58.4 Å². The van der Waals surface area contributed by atoms with Crippen molar-refractivity contribution >= 4 is 55.0 Å². The fourth-order valence-electron chi connectivity index (χ4n) is 13.8. The summed E-state index contributed by atoms with van der Waals surface area (Å²) in [7, 11) is 3.88. The highest BCUT2D eigenvalue weighted by Gasteiger charge is 2.40. The second-order valence-electron chi connectivity index (χ2n) is 23.1. The maximum atomic E-state index is 17.3. The first kappa shape index (κ1) is 51.4. The van der Waals surface area contributed by atoms with E-state index in [-0.39, 0.29) is 140 Å². The van der Waals surface area contributed by atoms with Gasteiger partial charge in [0.25, 0.3) is 0 Å². The Morgan fingerprint density at radius 3 is 1.65 bits per heavy atom. The van der Waals surface area contributed by atoms with Gasteiger partial charge in [-0.05, 0) is 111 Å². The molecular formula is C60H57F5N12O4. The van der Waals surface area contributed by atoms with Crippen LogP contribution in [0.25, 0.3) is 65.9 Å². The van der Waals surface area contributed by atoms with E-state index < -0.39 is 29.1 Å². The van der Waals surface area contributed by atoms with Gasteiger partial charge in [-0.3, -0.25) is 19.8 Å². The molecule has 4 aromatic carbocycles. The number of aromatic nitrogens is 6. The van der Waals surface area contributed by atoms with E-state index in [1.54, 1.807) is 0 Å². The maximum Gasteiger partial charge on any atom is 0.319 e. The van der Waals surface area contributed by atoms with E-state index in [4.69, 9.17) is 25.9 Å². The average Bonchev–Trinajstić information content (AvgIpc) is 4.08. The van der Waals surface area contributed by atoms with E-state index in [1.807, 2.05) is 19.0 Å². The van der Waals surface area contributed by atoms with Crippen molar-refractivity contribution in [2.45, 2.75) is 75.3 Å². The number of rotatable bonds is 12. The minimum atomic E-state index is -1.23. The summed E-state index contributed by atoms with van der Waals surface area (Å²) in [5.41, 5.74) is -0.909. The summed E-state index contributed by atoms with van der Waals surface area (Å²) in [5, 5.41) is 30.3. The zero-order valence-electron chi connectivity index (χ0n) is 44.7. The van der Waals surface area contributed by atoms with Crippen molar-refractivity contribution in [1.82, 2.24) is 50.3 Å². The third-order valence-corrected chi connectivity index (χ3v) is 17.9. The van der Waals surface area contributed by atoms with Crippen LogP contribution in [0.3, 0.4) is 0 Å². The van der Waals surface area contributed by atoms with E-state index in [0.717, 1.165) is 32.2 Å². The average molecular weight is 1110 g/mol. The number of aromatic hydroxyl groups is 2. The molecule has 0 saturated carbocycles. The molecule has 4 aromatic heterocycles. The number of phenols is 2. The molecule has 0 aliphatic carbocycles. The Labute approximate surface area is 462 Å². The van der Waals surface area contributed by atoms with Crippen molar-refractivity contribution in [2.75, 3.05) is 76.4 Å². The van der Waals surface area contributed by atoms with E-state index in [9.17, 15) is 10.2 Å². The Morgan fingerprint density at radius 2 is 1.14 bits per heavy atom. The quantitative estimate of drug-likeness (QED) is 0.0688. The lowest BCUT2D eigenvalue weighted by atomic mass is 9.83. The van der Waals surface area contributed by atoms with Crippen molar-refractivity contribution < 1.29 is 41.6 Å². The zero-order valence-corrected chi connectivity index (χ0v) is 44.7. The molecule has 0 spiro atoms. The minimum Gasteiger partial charge on any atom is -0.508 e. The number of benzene rings is 4. The second kappa shape index (κ2) is 19.7. The van der Waals surface area contributed by atoms with Crippen LogP contribution in [-0.4, -0.2) is 153 Å². The molecule has 0 radical (unpaired) electrons. The number of hydrogen-bond donors (Lipinski definition) is 4. The number of terminal acetylenes is 1. The van der Waals surface area contributed by atoms with Crippen molar-refractivity contribution in [2.24, 2.45) is 11.8 Å². The maximum absolute atomic E-state index is 17.3. The first-order chi connectivity index (χ1) is 39.1. The molecule has 8 atom stereocenters. The van der Waals surface area contributed by atoms with Gasteiger partial charge in [-0.25, -0.2) is 22.0 Å². The molecule has 6 saturated heterocycles. The lowest BCUT2D eigenvalue weighted by Crippen LogP contribution is -2.57. The Bertz CT molecular complexity index is 3930. The number of nitrogens with zero attached hydrogens (tertiary/aromatic N) is 10. The van der Waals surface area contributed by atoms with Gasteiger partial charge in [-0.2, -0.15) is 19.9 Å². The van der Waals surface area contributed by atoms with E-state index in [2.05, 4.69) is 58.1 Å². The van der Waals surface area contributed by atoms with Gasteiger partial charge >= 0.3 is 12.0 Å². The van der Waals surface area contributed by atoms with Gasteiger partial charge in [0.05, 0.1) is 16.3 Å². The highest BCUT2D eigenvalue weighted by Crippen LogP contribution is 2.43. The van der Waals surface area contributed by atoms with Crippen molar-refractivity contribution in [1.29, 1.82) is 0 Å². The number of anilines is 2. The van der Waals surface area contributed by atoms with Gasteiger partial charge < -0.3 is 40.1 Å². The molecule has 4 bridgehead atoms. The predicted molar refractivity (Wildman–Crippen MR) is 296 cm³/mol. The Morgan fingerprint density at radius 1 is 0.617 bits per heavy atom. The van der Waals surface area contributed by atoms with Crippen LogP contribution in [0, 0.1) is 53.3 Å². The normalized spacial score (nSPS) is 24.5. The molecule has 6 aliphatic heterocycles. The summed E-state index contributed by atoms with van der Waals surface area (Å²) in [6.45, 7) is 6.29. The lowest BCUT2D eigenvalue weighted by Gasteiger charge is -2.45. The molecule has 14 rings (SSSR count). The number of likely N-dealkylation sites (tertiary alicyclic amines) is 2. The van der Waals surface area contributed by atoms with Gasteiger partial charge in [-0.1, -0.05) is 18.9 Å². The number of phenolic OH excluding ortho intramolecular Hbond substituents is 2. The molecule has 21 heteroatoms. The number of fused-ring (bicyclic) bond motifs is 8. The van der Waals surface area contributed by atoms with Gasteiger partial charge in [0.1, 0.15) is 64.6 Å². The molecule has 6 fully saturated rings. The van der Waals surface area contributed by atoms with Crippen LogP contribution in [0.1, 0.15) is 43.7 Å².